The number of morpholine rings is 1. The first-order valence-corrected chi connectivity index (χ1v) is 9.46. The molecule has 144 valence electrons. The van der Waals surface area contributed by atoms with Crippen LogP contribution < -0.4 is 10.2 Å². The summed E-state index contributed by atoms with van der Waals surface area (Å²) in [7, 11) is 0. The molecule has 4 nitrogen and oxygen atoms in total. The zero-order valence-corrected chi connectivity index (χ0v) is 16.1. The molecule has 1 amide bonds. The van der Waals surface area contributed by atoms with Crippen LogP contribution in [0.1, 0.15) is 26.3 Å². The van der Waals surface area contributed by atoms with E-state index >= 15 is 0 Å². The molecule has 2 aromatic carbocycles. The molecule has 0 bridgehead atoms. The Morgan fingerprint density at radius 2 is 1.85 bits per heavy atom. The topological polar surface area (TPSA) is 41.6 Å². The van der Waals surface area contributed by atoms with Gasteiger partial charge in [0.25, 0.3) is 0 Å². The number of amides is 1. The zero-order valence-electron chi connectivity index (χ0n) is 16.1. The number of benzene rings is 2. The fraction of sp³-hybridized carbons (Fsp3) is 0.409. The van der Waals surface area contributed by atoms with Gasteiger partial charge in [-0.15, -0.1) is 0 Å². The first-order valence-electron chi connectivity index (χ1n) is 9.46. The van der Waals surface area contributed by atoms with Gasteiger partial charge in [0.2, 0.25) is 5.91 Å². The van der Waals surface area contributed by atoms with Gasteiger partial charge in [0, 0.05) is 30.4 Å². The van der Waals surface area contributed by atoms with E-state index in [9.17, 15) is 9.18 Å². The monoisotopic (exact) mass is 370 g/mol. The molecular formula is C22H27FN2O2. The SMILES string of the molecule is CC1CN(c2ccc(NC(=O)C(C)Cc3cccc(F)c3)cc2)CC(C)O1. The van der Waals surface area contributed by atoms with Crippen LogP contribution in [-0.4, -0.2) is 31.2 Å². The molecule has 1 saturated heterocycles. The van der Waals surface area contributed by atoms with Gasteiger partial charge in [0.1, 0.15) is 5.82 Å². The Labute approximate surface area is 160 Å². The Balaban J connectivity index is 1.58. The number of anilines is 2. The van der Waals surface area contributed by atoms with Crippen LogP contribution in [0, 0.1) is 11.7 Å². The largest absolute Gasteiger partial charge is 0.372 e. The molecule has 0 radical (unpaired) electrons. The lowest BCUT2D eigenvalue weighted by molar-refractivity contribution is -0.119. The second kappa shape index (κ2) is 8.53. The second-order valence-electron chi connectivity index (χ2n) is 7.43. The van der Waals surface area contributed by atoms with Gasteiger partial charge >= 0.3 is 0 Å². The number of nitrogens with zero attached hydrogens (tertiary/aromatic N) is 1. The molecule has 1 N–H and O–H groups in total. The average Bonchev–Trinajstić information content (AvgIpc) is 2.61. The molecule has 3 unspecified atom stereocenters. The third-order valence-corrected chi connectivity index (χ3v) is 4.80. The van der Waals surface area contributed by atoms with E-state index < -0.39 is 0 Å². The maximum atomic E-state index is 13.3. The van der Waals surface area contributed by atoms with E-state index in [1.165, 1.54) is 12.1 Å². The van der Waals surface area contributed by atoms with Crippen LogP contribution in [0.2, 0.25) is 0 Å². The van der Waals surface area contributed by atoms with Crippen molar-refractivity contribution >= 4 is 17.3 Å². The van der Waals surface area contributed by atoms with Crippen LogP contribution in [0.5, 0.6) is 0 Å². The Morgan fingerprint density at radius 1 is 1.19 bits per heavy atom. The number of rotatable bonds is 5. The van der Waals surface area contributed by atoms with Crippen molar-refractivity contribution in [1.82, 2.24) is 0 Å². The predicted molar refractivity (Wildman–Crippen MR) is 107 cm³/mol. The average molecular weight is 370 g/mol. The number of hydrogen-bond donors (Lipinski definition) is 1. The molecule has 0 spiro atoms. The highest BCUT2D eigenvalue weighted by Crippen LogP contribution is 2.23. The summed E-state index contributed by atoms with van der Waals surface area (Å²) >= 11 is 0. The predicted octanol–water partition coefficient (Wildman–Crippen LogP) is 4.26. The van der Waals surface area contributed by atoms with E-state index in [4.69, 9.17) is 4.74 Å². The number of nitrogens with one attached hydrogen (secondary N) is 1. The summed E-state index contributed by atoms with van der Waals surface area (Å²) in [4.78, 5) is 14.7. The van der Waals surface area contributed by atoms with E-state index in [1.807, 2.05) is 37.3 Å². The van der Waals surface area contributed by atoms with E-state index in [0.29, 0.717) is 6.42 Å². The van der Waals surface area contributed by atoms with E-state index in [1.54, 1.807) is 6.07 Å². The Bertz CT molecular complexity index is 768. The summed E-state index contributed by atoms with van der Waals surface area (Å²) in [5, 5.41) is 2.95. The Morgan fingerprint density at radius 3 is 2.48 bits per heavy atom. The van der Waals surface area contributed by atoms with Gasteiger partial charge in [-0.25, -0.2) is 4.39 Å². The van der Waals surface area contributed by atoms with Crippen molar-refractivity contribution in [2.45, 2.75) is 39.4 Å². The van der Waals surface area contributed by atoms with Crippen molar-refractivity contribution in [2.24, 2.45) is 5.92 Å². The molecule has 0 aromatic heterocycles. The number of hydrogen-bond acceptors (Lipinski definition) is 3. The van der Waals surface area contributed by atoms with Gasteiger partial charge in [-0.3, -0.25) is 4.79 Å². The van der Waals surface area contributed by atoms with E-state index in [0.717, 1.165) is 30.0 Å². The summed E-state index contributed by atoms with van der Waals surface area (Å²) in [6, 6.07) is 14.3. The van der Waals surface area contributed by atoms with Crippen LogP contribution in [0.3, 0.4) is 0 Å². The van der Waals surface area contributed by atoms with Gasteiger partial charge < -0.3 is 15.0 Å². The molecule has 0 saturated carbocycles. The molecule has 3 rings (SSSR count). The molecule has 0 aliphatic carbocycles. The van der Waals surface area contributed by atoms with Crippen LogP contribution >= 0.6 is 0 Å². The number of carbonyl (C=O) groups is 1. The first-order chi connectivity index (χ1) is 12.9. The third kappa shape index (κ3) is 5.30. The molecule has 3 atom stereocenters. The zero-order chi connectivity index (χ0) is 19.4. The highest BCUT2D eigenvalue weighted by atomic mass is 19.1. The molecule has 2 aromatic rings. The first kappa shape index (κ1) is 19.4. The van der Waals surface area contributed by atoms with Crippen molar-refractivity contribution in [3.05, 3.63) is 59.9 Å². The fourth-order valence-electron chi connectivity index (χ4n) is 3.52. The maximum absolute atomic E-state index is 13.3. The lowest BCUT2D eigenvalue weighted by Crippen LogP contribution is -2.45. The molecule has 27 heavy (non-hydrogen) atoms. The molecule has 5 heteroatoms. The minimum atomic E-state index is -0.276. The number of carbonyl (C=O) groups excluding carboxylic acids is 1. The maximum Gasteiger partial charge on any atom is 0.227 e. The van der Waals surface area contributed by atoms with Crippen LogP contribution in [0.15, 0.2) is 48.5 Å². The third-order valence-electron chi connectivity index (χ3n) is 4.80. The summed E-state index contributed by atoms with van der Waals surface area (Å²) in [5.74, 6) is -0.588. The van der Waals surface area contributed by atoms with Crippen molar-refractivity contribution in [3.63, 3.8) is 0 Å². The molecule has 1 heterocycles. The van der Waals surface area contributed by atoms with Gasteiger partial charge in [0.15, 0.2) is 0 Å². The number of ether oxygens (including phenoxy) is 1. The summed E-state index contributed by atoms with van der Waals surface area (Å²) in [6.07, 6.45) is 0.916. The van der Waals surface area contributed by atoms with Crippen molar-refractivity contribution in [3.8, 4) is 0 Å². The van der Waals surface area contributed by atoms with Crippen molar-refractivity contribution < 1.29 is 13.9 Å². The Hall–Kier alpha value is -2.40. The quantitative estimate of drug-likeness (QED) is 0.855. The van der Waals surface area contributed by atoms with Crippen LogP contribution in [0.25, 0.3) is 0 Å². The van der Waals surface area contributed by atoms with E-state index in [-0.39, 0.29) is 29.9 Å². The molecule has 1 fully saturated rings. The smallest absolute Gasteiger partial charge is 0.227 e. The molecule has 1 aliphatic heterocycles. The fourth-order valence-corrected chi connectivity index (χ4v) is 3.52. The molecular weight excluding hydrogens is 343 g/mol. The Kier molecular flexibility index (Phi) is 6.11. The van der Waals surface area contributed by atoms with Crippen LogP contribution in [-0.2, 0) is 16.0 Å². The van der Waals surface area contributed by atoms with Crippen molar-refractivity contribution in [1.29, 1.82) is 0 Å². The van der Waals surface area contributed by atoms with Gasteiger partial charge in [0.05, 0.1) is 12.2 Å². The minimum absolute atomic E-state index is 0.0689. The highest BCUT2D eigenvalue weighted by Gasteiger charge is 2.22. The summed E-state index contributed by atoms with van der Waals surface area (Å²) < 4.78 is 19.1. The van der Waals surface area contributed by atoms with Crippen LogP contribution in [0.4, 0.5) is 15.8 Å². The highest BCUT2D eigenvalue weighted by molar-refractivity contribution is 5.92. The minimum Gasteiger partial charge on any atom is -0.372 e. The summed E-state index contributed by atoms with van der Waals surface area (Å²) in [6.45, 7) is 7.74. The summed E-state index contributed by atoms with van der Waals surface area (Å²) in [5.41, 5.74) is 2.72. The normalized spacial score (nSPS) is 21.0. The van der Waals surface area contributed by atoms with E-state index in [2.05, 4.69) is 24.1 Å². The van der Waals surface area contributed by atoms with Gasteiger partial charge in [-0.1, -0.05) is 19.1 Å². The van der Waals surface area contributed by atoms with Gasteiger partial charge in [-0.05, 0) is 62.2 Å². The second-order valence-corrected chi connectivity index (χ2v) is 7.43. The van der Waals surface area contributed by atoms with Gasteiger partial charge in [-0.2, -0.15) is 0 Å². The number of halogens is 1. The lowest BCUT2D eigenvalue weighted by Gasteiger charge is -2.36. The van der Waals surface area contributed by atoms with Crippen molar-refractivity contribution in [2.75, 3.05) is 23.3 Å². The lowest BCUT2D eigenvalue weighted by atomic mass is 10.00. The molecule has 1 aliphatic rings. The standard InChI is InChI=1S/C22H27FN2O2/c1-15(11-18-5-4-6-19(23)12-18)22(26)24-20-7-9-21(10-8-20)25-13-16(2)27-17(3)14-25/h4-10,12,15-17H,11,13-14H2,1-3H3,(H,24,26).